The van der Waals surface area contributed by atoms with Crippen LogP contribution in [-0.2, 0) is 14.2 Å². The summed E-state index contributed by atoms with van der Waals surface area (Å²) in [4.78, 5) is 22.6. The Kier molecular flexibility index (Phi) is 5.06. The van der Waals surface area contributed by atoms with Gasteiger partial charge in [-0.3, -0.25) is 5.41 Å². The number of carbonyl (C=O) groups is 2. The number of hydrogen-bond acceptors (Lipinski definition) is 10. The zero-order chi connectivity index (χ0) is 19.4. The molecule has 0 aliphatic carbocycles. The van der Waals surface area contributed by atoms with E-state index in [2.05, 4.69) is 30.5 Å². The largest absolute Gasteiger partial charge is 0.461 e. The van der Waals surface area contributed by atoms with Gasteiger partial charge in [-0.2, -0.15) is 10.2 Å². The van der Waals surface area contributed by atoms with Crippen LogP contribution in [0.1, 0.15) is 11.7 Å². The third-order valence-electron chi connectivity index (χ3n) is 3.54. The van der Waals surface area contributed by atoms with Crippen LogP contribution < -0.4 is 20.3 Å². The van der Waals surface area contributed by atoms with Crippen molar-refractivity contribution in [1.29, 1.82) is 5.41 Å². The van der Waals surface area contributed by atoms with Gasteiger partial charge in [0.05, 0.1) is 14.2 Å². The minimum absolute atomic E-state index is 0.0701. The van der Waals surface area contributed by atoms with Crippen molar-refractivity contribution < 1.29 is 33.3 Å². The van der Waals surface area contributed by atoms with Gasteiger partial charge in [0, 0.05) is 5.56 Å². The summed E-state index contributed by atoms with van der Waals surface area (Å²) in [5, 5.41) is 15.7. The molecule has 0 radical (unpaired) electrons. The Morgan fingerprint density at radius 2 is 1.78 bits per heavy atom. The number of hydrogen-bond donors (Lipinski definition) is 3. The van der Waals surface area contributed by atoms with Crippen LogP contribution in [0.3, 0.4) is 0 Å². The lowest BCUT2D eigenvalue weighted by Gasteiger charge is -2.11. The highest BCUT2D eigenvalue weighted by molar-refractivity contribution is 6.69. The molecule has 1 fully saturated rings. The summed E-state index contributed by atoms with van der Waals surface area (Å²) in [6.45, 7) is 0.0979. The SMILES string of the molecule is COC(=O)N/N=C1/C(=N)O[C@H](c2ccc3c(c2)OCO3)/C1=N/NC(=O)OC. The lowest BCUT2D eigenvalue weighted by molar-refractivity contribution is 0.170. The Hall–Kier alpha value is -3.83. The molecule has 0 aromatic heterocycles. The normalized spacial score (nSPS) is 20.4. The first-order valence-corrected chi connectivity index (χ1v) is 7.52. The highest BCUT2D eigenvalue weighted by atomic mass is 16.7. The van der Waals surface area contributed by atoms with Crippen molar-refractivity contribution >= 4 is 29.5 Å². The number of benzene rings is 1. The average molecular weight is 377 g/mol. The topological polar surface area (TPSA) is 153 Å². The fraction of sp³-hybridized carbons (Fsp3) is 0.267. The van der Waals surface area contributed by atoms with Gasteiger partial charge in [0.25, 0.3) is 0 Å². The number of hydrazone groups is 2. The van der Waals surface area contributed by atoms with Crippen molar-refractivity contribution in [3.8, 4) is 11.5 Å². The zero-order valence-corrected chi connectivity index (χ0v) is 14.3. The maximum atomic E-state index is 11.4. The van der Waals surface area contributed by atoms with Gasteiger partial charge in [-0.1, -0.05) is 6.07 Å². The molecule has 12 nitrogen and oxygen atoms in total. The van der Waals surface area contributed by atoms with Gasteiger partial charge in [-0.05, 0) is 12.1 Å². The van der Waals surface area contributed by atoms with Crippen LogP contribution in [0.2, 0.25) is 0 Å². The summed E-state index contributed by atoms with van der Waals surface area (Å²) < 4.78 is 25.0. The Balaban J connectivity index is 1.95. The number of ether oxygens (including phenoxy) is 5. The van der Waals surface area contributed by atoms with E-state index in [9.17, 15) is 9.59 Å². The summed E-state index contributed by atoms with van der Waals surface area (Å²) in [5.41, 5.74) is 4.77. The van der Waals surface area contributed by atoms with E-state index in [1.807, 2.05) is 0 Å². The van der Waals surface area contributed by atoms with Crippen molar-refractivity contribution in [3.05, 3.63) is 23.8 Å². The van der Waals surface area contributed by atoms with E-state index in [0.29, 0.717) is 17.1 Å². The van der Waals surface area contributed by atoms with Crippen LogP contribution in [0.25, 0.3) is 0 Å². The molecule has 1 saturated heterocycles. The molecule has 2 aliphatic heterocycles. The summed E-state index contributed by atoms with van der Waals surface area (Å²) in [6, 6.07) is 5.03. The van der Waals surface area contributed by atoms with Crippen molar-refractivity contribution in [2.75, 3.05) is 21.0 Å². The second-order valence-corrected chi connectivity index (χ2v) is 5.10. The minimum atomic E-state index is -0.887. The van der Waals surface area contributed by atoms with Crippen molar-refractivity contribution in [2.24, 2.45) is 10.2 Å². The Morgan fingerprint density at radius 3 is 2.48 bits per heavy atom. The maximum absolute atomic E-state index is 11.4. The number of fused-ring (bicyclic) bond motifs is 1. The summed E-state index contributed by atoms with van der Waals surface area (Å²) >= 11 is 0. The molecule has 1 atom stereocenters. The number of rotatable bonds is 3. The molecule has 2 amide bonds. The fourth-order valence-electron chi connectivity index (χ4n) is 2.29. The van der Waals surface area contributed by atoms with E-state index in [4.69, 9.17) is 19.6 Å². The molecule has 1 aromatic carbocycles. The molecular formula is C15H15N5O7. The van der Waals surface area contributed by atoms with E-state index in [-0.39, 0.29) is 24.1 Å². The third kappa shape index (κ3) is 3.73. The van der Waals surface area contributed by atoms with Crippen LogP contribution in [0.5, 0.6) is 11.5 Å². The minimum Gasteiger partial charge on any atom is -0.461 e. The Bertz CT molecular complexity index is 851. The zero-order valence-electron chi connectivity index (χ0n) is 14.3. The van der Waals surface area contributed by atoms with Gasteiger partial charge in [0.15, 0.2) is 23.3 Å². The summed E-state index contributed by atoms with van der Waals surface area (Å²) in [6.07, 6.45) is -2.56. The van der Waals surface area contributed by atoms with Gasteiger partial charge >= 0.3 is 12.2 Å². The van der Waals surface area contributed by atoms with Crippen LogP contribution in [-0.4, -0.2) is 50.5 Å². The first-order valence-electron chi connectivity index (χ1n) is 7.52. The van der Waals surface area contributed by atoms with Crippen LogP contribution in [0, 0.1) is 5.41 Å². The van der Waals surface area contributed by atoms with Gasteiger partial charge in [-0.15, -0.1) is 0 Å². The molecule has 0 unspecified atom stereocenters. The standard InChI is InChI=1S/C15H15N5O7/c1-23-14(21)19-17-10-11(18-20-15(22)24-2)13(16)27-12(10)7-3-4-8-9(5-7)26-6-25-8/h3-5,12,16H,6H2,1-2H3,(H,19,21)(H,20,22)/b16-13?,17-10+,18-11+/t12-/m1/s1. The molecule has 0 bridgehead atoms. The predicted molar refractivity (Wildman–Crippen MR) is 90.1 cm³/mol. The quantitative estimate of drug-likeness (QED) is 0.661. The molecule has 3 N–H and O–H groups in total. The molecule has 0 saturated carbocycles. The lowest BCUT2D eigenvalue weighted by atomic mass is 10.0. The second-order valence-electron chi connectivity index (χ2n) is 5.10. The van der Waals surface area contributed by atoms with Gasteiger partial charge < -0.3 is 23.7 Å². The van der Waals surface area contributed by atoms with Crippen molar-refractivity contribution in [2.45, 2.75) is 6.10 Å². The molecular weight excluding hydrogens is 362 g/mol. The van der Waals surface area contributed by atoms with E-state index in [1.54, 1.807) is 18.2 Å². The molecule has 0 spiro atoms. The monoisotopic (exact) mass is 377 g/mol. The summed E-state index contributed by atoms with van der Waals surface area (Å²) in [7, 11) is 2.33. The highest BCUT2D eigenvalue weighted by Crippen LogP contribution is 2.36. The van der Waals surface area contributed by atoms with E-state index in [0.717, 1.165) is 7.11 Å². The lowest BCUT2D eigenvalue weighted by Crippen LogP contribution is -2.27. The first kappa shape index (κ1) is 18.0. The van der Waals surface area contributed by atoms with Gasteiger partial charge in [-0.25, -0.2) is 20.4 Å². The summed E-state index contributed by atoms with van der Waals surface area (Å²) in [5.74, 6) is 0.708. The number of carbonyl (C=O) groups excluding carboxylic acids is 2. The Labute approximate surface area is 152 Å². The van der Waals surface area contributed by atoms with Crippen molar-refractivity contribution in [1.82, 2.24) is 10.9 Å². The van der Waals surface area contributed by atoms with Crippen LogP contribution >= 0.6 is 0 Å². The molecule has 1 aromatic rings. The average Bonchev–Trinajstić information content (AvgIpc) is 3.27. The molecule has 3 rings (SSSR count). The second kappa shape index (κ2) is 7.59. The van der Waals surface area contributed by atoms with Crippen LogP contribution in [0.4, 0.5) is 9.59 Å². The van der Waals surface area contributed by atoms with E-state index >= 15 is 0 Å². The molecule has 12 heteroatoms. The third-order valence-corrected chi connectivity index (χ3v) is 3.54. The van der Waals surface area contributed by atoms with Gasteiger partial charge in [0.1, 0.15) is 5.71 Å². The predicted octanol–water partition coefficient (Wildman–Crippen LogP) is 0.888. The fourth-order valence-corrected chi connectivity index (χ4v) is 2.29. The van der Waals surface area contributed by atoms with Gasteiger partial charge in [0.2, 0.25) is 12.7 Å². The molecule has 2 aliphatic rings. The molecule has 27 heavy (non-hydrogen) atoms. The number of nitrogens with zero attached hydrogens (tertiary/aromatic N) is 2. The maximum Gasteiger partial charge on any atom is 0.427 e. The number of nitrogens with one attached hydrogen (secondary N) is 3. The first-order chi connectivity index (χ1) is 13.0. The Morgan fingerprint density at radius 1 is 1.11 bits per heavy atom. The number of methoxy groups -OCH3 is 2. The molecule has 142 valence electrons. The molecule has 2 heterocycles. The highest BCUT2D eigenvalue weighted by Gasteiger charge is 2.38. The van der Waals surface area contributed by atoms with E-state index < -0.39 is 18.3 Å². The van der Waals surface area contributed by atoms with Crippen molar-refractivity contribution in [3.63, 3.8) is 0 Å². The number of amides is 2. The van der Waals surface area contributed by atoms with E-state index in [1.165, 1.54) is 7.11 Å². The van der Waals surface area contributed by atoms with Crippen LogP contribution in [0.15, 0.2) is 28.4 Å². The smallest absolute Gasteiger partial charge is 0.427 e.